The van der Waals surface area contributed by atoms with Crippen molar-refractivity contribution in [1.82, 2.24) is 10.2 Å². The first kappa shape index (κ1) is 14.6. The molecule has 2 aliphatic rings. The Balaban J connectivity index is 1.96. The van der Waals surface area contributed by atoms with Crippen LogP contribution in [0, 0.1) is 0 Å². The maximum absolute atomic E-state index is 5.60. The topological polar surface area (TPSA) is 41.3 Å². The van der Waals surface area contributed by atoms with Gasteiger partial charge in [-0.2, -0.15) is 0 Å². The van der Waals surface area contributed by atoms with Gasteiger partial charge in [-0.1, -0.05) is 17.7 Å². The SMILES string of the molecule is NC(=S)NC1(Br)C=CC=CN1CCC1=CCCCC1. The summed E-state index contributed by atoms with van der Waals surface area (Å²) in [5.74, 6) is 0. The molecule has 0 aromatic rings. The van der Waals surface area contributed by atoms with Crippen molar-refractivity contribution >= 4 is 33.3 Å². The summed E-state index contributed by atoms with van der Waals surface area (Å²) in [6.07, 6.45) is 16.7. The molecule has 1 aliphatic heterocycles. The van der Waals surface area contributed by atoms with Crippen LogP contribution in [-0.2, 0) is 0 Å². The van der Waals surface area contributed by atoms with Gasteiger partial charge in [0.2, 0.25) is 0 Å². The number of hydrogen-bond acceptors (Lipinski definition) is 2. The molecule has 0 amide bonds. The molecule has 19 heavy (non-hydrogen) atoms. The van der Waals surface area contributed by atoms with Crippen molar-refractivity contribution in [2.45, 2.75) is 36.7 Å². The van der Waals surface area contributed by atoms with Crippen molar-refractivity contribution in [3.63, 3.8) is 0 Å². The van der Waals surface area contributed by atoms with Crippen molar-refractivity contribution in [1.29, 1.82) is 0 Å². The highest BCUT2D eigenvalue weighted by molar-refractivity contribution is 9.10. The minimum atomic E-state index is -0.497. The van der Waals surface area contributed by atoms with Crippen LogP contribution in [0.1, 0.15) is 32.1 Å². The summed E-state index contributed by atoms with van der Waals surface area (Å²) in [6, 6.07) is 0. The number of rotatable bonds is 4. The standard InChI is InChI=1S/C14H20BrN3S/c15-14(17-13(16)19)9-4-5-10-18(14)11-8-12-6-2-1-3-7-12/h4-6,9-10H,1-3,7-8,11H2,(H3,16,17,19). The van der Waals surface area contributed by atoms with Crippen molar-refractivity contribution in [3.05, 3.63) is 36.1 Å². The number of nitrogens with two attached hydrogens (primary N) is 1. The molecule has 0 saturated carbocycles. The third-order valence-corrected chi connectivity index (χ3v) is 4.49. The minimum Gasteiger partial charge on any atom is -0.376 e. The fourth-order valence-electron chi connectivity index (χ4n) is 2.46. The van der Waals surface area contributed by atoms with Gasteiger partial charge in [-0.15, -0.1) is 0 Å². The molecule has 0 aromatic heterocycles. The van der Waals surface area contributed by atoms with E-state index in [0.29, 0.717) is 5.11 Å². The second-order valence-electron chi connectivity index (χ2n) is 4.91. The Bertz CT molecular complexity index is 430. The summed E-state index contributed by atoms with van der Waals surface area (Å²) in [5, 5.41) is 3.38. The zero-order valence-electron chi connectivity index (χ0n) is 10.9. The van der Waals surface area contributed by atoms with Gasteiger partial charge in [-0.05, 0) is 72.4 Å². The first-order valence-corrected chi connectivity index (χ1v) is 7.87. The molecule has 5 heteroatoms. The summed E-state index contributed by atoms with van der Waals surface area (Å²) in [7, 11) is 0. The number of thiocarbonyl (C=S) groups is 1. The third-order valence-electron chi connectivity index (χ3n) is 3.47. The largest absolute Gasteiger partial charge is 0.376 e. The molecule has 104 valence electrons. The van der Waals surface area contributed by atoms with Crippen molar-refractivity contribution in [2.24, 2.45) is 5.73 Å². The average molecular weight is 342 g/mol. The molecule has 1 heterocycles. The Labute approximate surface area is 128 Å². The Morgan fingerprint density at radius 2 is 2.32 bits per heavy atom. The van der Waals surface area contributed by atoms with E-state index in [4.69, 9.17) is 18.0 Å². The molecule has 2 rings (SSSR count). The molecule has 0 radical (unpaired) electrons. The van der Waals surface area contributed by atoms with E-state index in [1.165, 1.54) is 25.7 Å². The van der Waals surface area contributed by atoms with Crippen LogP contribution in [0.3, 0.4) is 0 Å². The first-order chi connectivity index (χ1) is 9.10. The highest BCUT2D eigenvalue weighted by atomic mass is 79.9. The molecule has 0 saturated heterocycles. The first-order valence-electron chi connectivity index (χ1n) is 6.67. The van der Waals surface area contributed by atoms with E-state index in [0.717, 1.165) is 13.0 Å². The Kier molecular flexibility index (Phi) is 5.05. The number of nitrogens with one attached hydrogen (secondary N) is 1. The summed E-state index contributed by atoms with van der Waals surface area (Å²) in [5.41, 5.74) is 7.17. The van der Waals surface area contributed by atoms with Gasteiger partial charge in [0, 0.05) is 12.7 Å². The molecule has 3 nitrogen and oxygen atoms in total. The molecule has 1 unspecified atom stereocenters. The summed E-state index contributed by atoms with van der Waals surface area (Å²) in [6.45, 7) is 0.938. The lowest BCUT2D eigenvalue weighted by molar-refractivity contribution is 0.277. The maximum atomic E-state index is 5.60. The smallest absolute Gasteiger partial charge is 0.189 e. The zero-order valence-corrected chi connectivity index (χ0v) is 13.3. The van der Waals surface area contributed by atoms with Gasteiger partial charge in [0.15, 0.2) is 9.68 Å². The summed E-state index contributed by atoms with van der Waals surface area (Å²) in [4.78, 5) is 2.18. The van der Waals surface area contributed by atoms with Gasteiger partial charge in [0.1, 0.15) is 0 Å². The number of alkyl halides is 1. The maximum Gasteiger partial charge on any atom is 0.189 e. The van der Waals surface area contributed by atoms with E-state index in [-0.39, 0.29) is 0 Å². The van der Waals surface area contributed by atoms with E-state index in [1.807, 2.05) is 18.2 Å². The second-order valence-corrected chi connectivity index (χ2v) is 6.56. The van der Waals surface area contributed by atoms with Gasteiger partial charge >= 0.3 is 0 Å². The fraction of sp³-hybridized carbons (Fsp3) is 0.500. The van der Waals surface area contributed by atoms with Gasteiger partial charge in [-0.3, -0.25) is 0 Å². The van der Waals surface area contributed by atoms with Crippen molar-refractivity contribution in [2.75, 3.05) is 6.54 Å². The normalized spacial score (nSPS) is 26.2. The molecular weight excluding hydrogens is 322 g/mol. The Morgan fingerprint density at radius 3 is 3.00 bits per heavy atom. The molecule has 0 fully saturated rings. The van der Waals surface area contributed by atoms with Crippen LogP contribution in [0.4, 0.5) is 0 Å². The quantitative estimate of drug-likeness (QED) is 0.356. The lowest BCUT2D eigenvalue weighted by atomic mass is 9.97. The second kappa shape index (κ2) is 6.57. The van der Waals surface area contributed by atoms with Crippen molar-refractivity contribution < 1.29 is 0 Å². The van der Waals surface area contributed by atoms with E-state index >= 15 is 0 Å². The number of nitrogens with zero attached hydrogens (tertiary/aromatic N) is 1. The Morgan fingerprint density at radius 1 is 1.47 bits per heavy atom. The van der Waals surface area contributed by atoms with Crippen LogP contribution in [0.2, 0.25) is 0 Å². The highest BCUT2D eigenvalue weighted by Gasteiger charge is 2.30. The number of halogens is 1. The van der Waals surface area contributed by atoms with Gasteiger partial charge < -0.3 is 16.0 Å². The predicted molar refractivity (Wildman–Crippen MR) is 87.7 cm³/mol. The fourth-order valence-corrected chi connectivity index (χ4v) is 3.41. The third kappa shape index (κ3) is 4.08. The van der Waals surface area contributed by atoms with E-state index in [1.54, 1.807) is 5.57 Å². The summed E-state index contributed by atoms with van der Waals surface area (Å²) < 4.78 is -0.497. The zero-order chi connectivity index (χ0) is 13.7. The van der Waals surface area contributed by atoms with Crippen LogP contribution in [0.15, 0.2) is 36.1 Å². The van der Waals surface area contributed by atoms with Gasteiger partial charge in [0.25, 0.3) is 0 Å². The van der Waals surface area contributed by atoms with Crippen LogP contribution in [0.5, 0.6) is 0 Å². The highest BCUT2D eigenvalue weighted by Crippen LogP contribution is 2.28. The van der Waals surface area contributed by atoms with Gasteiger partial charge in [0.05, 0.1) is 0 Å². The molecular formula is C14H20BrN3S. The van der Waals surface area contributed by atoms with Crippen LogP contribution in [-0.4, -0.2) is 21.1 Å². The summed E-state index contributed by atoms with van der Waals surface area (Å²) >= 11 is 8.63. The molecule has 0 bridgehead atoms. The molecule has 1 aliphatic carbocycles. The van der Waals surface area contributed by atoms with E-state index in [9.17, 15) is 0 Å². The number of allylic oxidation sites excluding steroid dienone is 3. The van der Waals surface area contributed by atoms with Crippen LogP contribution >= 0.6 is 28.1 Å². The Hall–Kier alpha value is -0.810. The average Bonchev–Trinajstić information content (AvgIpc) is 2.38. The lowest BCUT2D eigenvalue weighted by Gasteiger charge is -2.39. The lowest BCUT2D eigenvalue weighted by Crippen LogP contribution is -2.55. The van der Waals surface area contributed by atoms with Crippen LogP contribution < -0.4 is 11.1 Å². The molecule has 1 atom stereocenters. The van der Waals surface area contributed by atoms with Gasteiger partial charge in [-0.25, -0.2) is 0 Å². The molecule has 0 aromatic carbocycles. The van der Waals surface area contributed by atoms with Crippen molar-refractivity contribution in [3.8, 4) is 0 Å². The molecule has 3 N–H and O–H groups in total. The van der Waals surface area contributed by atoms with E-state index in [2.05, 4.69) is 38.4 Å². The van der Waals surface area contributed by atoms with E-state index < -0.39 is 4.57 Å². The number of hydrogen-bond donors (Lipinski definition) is 2. The predicted octanol–water partition coefficient (Wildman–Crippen LogP) is 3.14. The molecule has 0 spiro atoms. The van der Waals surface area contributed by atoms with Crippen LogP contribution in [0.25, 0.3) is 0 Å². The minimum absolute atomic E-state index is 0.290. The monoisotopic (exact) mass is 341 g/mol.